The van der Waals surface area contributed by atoms with Crippen LogP contribution < -0.4 is 4.74 Å². The molecule has 2 atom stereocenters. The van der Waals surface area contributed by atoms with Crippen LogP contribution in [0, 0.1) is 0 Å². The monoisotopic (exact) mass is 238 g/mol. The molecule has 0 spiro atoms. The molecule has 0 aliphatic carbocycles. The molecule has 2 unspecified atom stereocenters. The maximum atomic E-state index is 9.91. The lowest BCUT2D eigenvalue weighted by Crippen LogP contribution is -2.14. The van der Waals surface area contributed by atoms with E-state index in [0.717, 1.165) is 24.2 Å². The highest BCUT2D eigenvalue weighted by Gasteiger charge is 2.08. The second-order valence-corrected chi connectivity index (χ2v) is 4.33. The number of ether oxygens (including phenoxy) is 2. The van der Waals surface area contributed by atoms with E-state index in [9.17, 15) is 5.11 Å². The van der Waals surface area contributed by atoms with Gasteiger partial charge in [0.1, 0.15) is 5.75 Å². The summed E-state index contributed by atoms with van der Waals surface area (Å²) in [6.45, 7) is 2.01. The standard InChI is InChI=1S/C14H22O3/c1-11(16-2)7-8-13(15)9-12-5-4-6-14(10-12)17-3/h4-6,10-11,13,15H,7-9H2,1-3H3. The summed E-state index contributed by atoms with van der Waals surface area (Å²) in [6, 6.07) is 7.82. The molecule has 0 saturated heterocycles. The Balaban J connectivity index is 2.41. The molecular formula is C14H22O3. The highest BCUT2D eigenvalue weighted by molar-refractivity contribution is 5.28. The molecule has 3 nitrogen and oxygen atoms in total. The van der Waals surface area contributed by atoms with E-state index in [0.29, 0.717) is 6.42 Å². The number of aliphatic hydroxyl groups excluding tert-OH is 1. The number of rotatable bonds is 7. The molecule has 1 N–H and O–H groups in total. The third-order valence-corrected chi connectivity index (χ3v) is 2.91. The molecule has 1 aromatic carbocycles. The molecule has 0 bridgehead atoms. The van der Waals surface area contributed by atoms with Crippen LogP contribution >= 0.6 is 0 Å². The van der Waals surface area contributed by atoms with Crippen molar-refractivity contribution in [1.29, 1.82) is 0 Å². The molecule has 0 radical (unpaired) electrons. The fraction of sp³-hybridized carbons (Fsp3) is 0.571. The number of hydrogen-bond acceptors (Lipinski definition) is 3. The van der Waals surface area contributed by atoms with Crippen molar-refractivity contribution in [3.05, 3.63) is 29.8 Å². The Labute approximate surface area is 103 Å². The van der Waals surface area contributed by atoms with Gasteiger partial charge in [-0.25, -0.2) is 0 Å². The molecule has 0 aromatic heterocycles. The van der Waals surface area contributed by atoms with Crippen molar-refractivity contribution in [1.82, 2.24) is 0 Å². The minimum Gasteiger partial charge on any atom is -0.497 e. The van der Waals surface area contributed by atoms with Gasteiger partial charge in [-0.15, -0.1) is 0 Å². The third-order valence-electron chi connectivity index (χ3n) is 2.91. The van der Waals surface area contributed by atoms with E-state index < -0.39 is 0 Å². The van der Waals surface area contributed by atoms with Crippen LogP contribution in [0.4, 0.5) is 0 Å². The summed E-state index contributed by atoms with van der Waals surface area (Å²) in [6.07, 6.45) is 2.18. The minimum absolute atomic E-state index is 0.204. The Morgan fingerprint density at radius 2 is 2.00 bits per heavy atom. The fourth-order valence-electron chi connectivity index (χ4n) is 1.72. The van der Waals surface area contributed by atoms with Crippen molar-refractivity contribution in [2.45, 2.75) is 38.4 Å². The number of benzene rings is 1. The largest absolute Gasteiger partial charge is 0.497 e. The molecule has 0 aliphatic heterocycles. The van der Waals surface area contributed by atoms with Crippen molar-refractivity contribution < 1.29 is 14.6 Å². The van der Waals surface area contributed by atoms with E-state index in [1.165, 1.54) is 0 Å². The van der Waals surface area contributed by atoms with E-state index >= 15 is 0 Å². The average Bonchev–Trinajstić information content (AvgIpc) is 2.36. The van der Waals surface area contributed by atoms with Crippen LogP contribution in [0.1, 0.15) is 25.3 Å². The highest BCUT2D eigenvalue weighted by atomic mass is 16.5. The molecule has 3 heteroatoms. The van der Waals surface area contributed by atoms with Gasteiger partial charge in [-0.1, -0.05) is 12.1 Å². The number of aliphatic hydroxyl groups is 1. The molecule has 0 heterocycles. The zero-order valence-electron chi connectivity index (χ0n) is 10.8. The normalized spacial score (nSPS) is 14.4. The molecule has 0 saturated carbocycles. The summed E-state index contributed by atoms with van der Waals surface area (Å²) < 4.78 is 10.3. The Hall–Kier alpha value is -1.06. The third kappa shape index (κ3) is 5.20. The minimum atomic E-state index is -0.320. The SMILES string of the molecule is COc1cccc(CC(O)CCC(C)OC)c1. The number of methoxy groups -OCH3 is 2. The lowest BCUT2D eigenvalue weighted by molar-refractivity contribution is 0.0851. The van der Waals surface area contributed by atoms with E-state index in [-0.39, 0.29) is 12.2 Å². The zero-order chi connectivity index (χ0) is 12.7. The maximum Gasteiger partial charge on any atom is 0.119 e. The summed E-state index contributed by atoms with van der Waals surface area (Å²) in [5.41, 5.74) is 1.10. The predicted octanol–water partition coefficient (Wildman–Crippen LogP) is 2.41. The van der Waals surface area contributed by atoms with Crippen molar-refractivity contribution >= 4 is 0 Å². The van der Waals surface area contributed by atoms with Crippen LogP contribution in [0.5, 0.6) is 5.75 Å². The van der Waals surface area contributed by atoms with E-state index in [1.54, 1.807) is 14.2 Å². The number of hydrogen-bond donors (Lipinski definition) is 1. The van der Waals surface area contributed by atoms with Gasteiger partial charge in [-0.2, -0.15) is 0 Å². The summed E-state index contributed by atoms with van der Waals surface area (Å²) in [7, 11) is 3.34. The maximum absolute atomic E-state index is 9.91. The van der Waals surface area contributed by atoms with Gasteiger partial charge < -0.3 is 14.6 Å². The van der Waals surface area contributed by atoms with Crippen molar-refractivity contribution in [2.24, 2.45) is 0 Å². The van der Waals surface area contributed by atoms with Crippen LogP contribution in [0.2, 0.25) is 0 Å². The fourth-order valence-corrected chi connectivity index (χ4v) is 1.72. The zero-order valence-corrected chi connectivity index (χ0v) is 10.8. The summed E-state index contributed by atoms with van der Waals surface area (Å²) in [5.74, 6) is 0.833. The van der Waals surface area contributed by atoms with Gasteiger partial charge in [0.2, 0.25) is 0 Å². The highest BCUT2D eigenvalue weighted by Crippen LogP contribution is 2.15. The van der Waals surface area contributed by atoms with Crippen molar-refractivity contribution in [2.75, 3.05) is 14.2 Å². The van der Waals surface area contributed by atoms with Crippen LogP contribution in [0.3, 0.4) is 0 Å². The van der Waals surface area contributed by atoms with Crippen LogP contribution in [0.25, 0.3) is 0 Å². The van der Waals surface area contributed by atoms with Gasteiger partial charge in [0, 0.05) is 7.11 Å². The molecule has 0 fully saturated rings. The first kappa shape index (κ1) is 14.0. The van der Waals surface area contributed by atoms with Gasteiger partial charge in [0.05, 0.1) is 19.3 Å². The first-order chi connectivity index (χ1) is 8.15. The lowest BCUT2D eigenvalue weighted by Gasteiger charge is -2.14. The van der Waals surface area contributed by atoms with Gasteiger partial charge in [-0.3, -0.25) is 0 Å². The van der Waals surface area contributed by atoms with Crippen LogP contribution in [-0.4, -0.2) is 31.5 Å². The Bertz CT molecular complexity index is 325. The van der Waals surface area contributed by atoms with Gasteiger partial charge >= 0.3 is 0 Å². The topological polar surface area (TPSA) is 38.7 Å². The Morgan fingerprint density at radius 1 is 1.24 bits per heavy atom. The van der Waals surface area contributed by atoms with Gasteiger partial charge in [0.25, 0.3) is 0 Å². The van der Waals surface area contributed by atoms with E-state index in [4.69, 9.17) is 9.47 Å². The summed E-state index contributed by atoms with van der Waals surface area (Å²) in [4.78, 5) is 0. The predicted molar refractivity (Wildman–Crippen MR) is 68.4 cm³/mol. The van der Waals surface area contributed by atoms with E-state index in [1.807, 2.05) is 31.2 Å². The first-order valence-corrected chi connectivity index (χ1v) is 5.99. The van der Waals surface area contributed by atoms with Crippen molar-refractivity contribution in [3.8, 4) is 5.75 Å². The Kier molecular flexibility index (Phi) is 6.01. The molecule has 1 aromatic rings. The second-order valence-electron chi connectivity index (χ2n) is 4.33. The van der Waals surface area contributed by atoms with Gasteiger partial charge in [0.15, 0.2) is 0 Å². The second kappa shape index (κ2) is 7.30. The molecule has 0 amide bonds. The summed E-state index contributed by atoms with van der Waals surface area (Å²) in [5, 5.41) is 9.91. The summed E-state index contributed by atoms with van der Waals surface area (Å²) >= 11 is 0. The van der Waals surface area contributed by atoms with Crippen LogP contribution in [-0.2, 0) is 11.2 Å². The van der Waals surface area contributed by atoms with Gasteiger partial charge in [-0.05, 0) is 43.9 Å². The van der Waals surface area contributed by atoms with Crippen molar-refractivity contribution in [3.63, 3.8) is 0 Å². The quantitative estimate of drug-likeness (QED) is 0.793. The molecular weight excluding hydrogens is 216 g/mol. The van der Waals surface area contributed by atoms with Crippen LogP contribution in [0.15, 0.2) is 24.3 Å². The molecule has 17 heavy (non-hydrogen) atoms. The molecule has 1 rings (SSSR count). The lowest BCUT2D eigenvalue weighted by atomic mass is 10.0. The average molecular weight is 238 g/mol. The first-order valence-electron chi connectivity index (χ1n) is 5.99. The molecule has 96 valence electrons. The Morgan fingerprint density at radius 3 is 2.65 bits per heavy atom. The van der Waals surface area contributed by atoms with E-state index in [2.05, 4.69) is 0 Å². The molecule has 0 aliphatic rings. The smallest absolute Gasteiger partial charge is 0.119 e.